The number of nitrogens with one attached hydrogen (secondary N) is 1. The second kappa shape index (κ2) is 9.32. The molecule has 0 amide bonds. The zero-order valence-corrected chi connectivity index (χ0v) is 13.5. The predicted octanol–water partition coefficient (Wildman–Crippen LogP) is 2.72. The Morgan fingerprint density at radius 3 is 2.37 bits per heavy atom. The zero-order chi connectivity index (χ0) is 14.9. The van der Waals surface area contributed by atoms with Crippen molar-refractivity contribution in [3.05, 3.63) is 0 Å². The lowest BCUT2D eigenvalue weighted by atomic mass is 9.86. The fourth-order valence-corrected chi connectivity index (χ4v) is 2.07. The van der Waals surface area contributed by atoms with E-state index in [9.17, 15) is 0 Å². The van der Waals surface area contributed by atoms with Crippen LogP contribution in [0.25, 0.3) is 0 Å². The third-order valence-electron chi connectivity index (χ3n) is 3.49. The monoisotopic (exact) mass is 271 g/mol. The minimum atomic E-state index is -0.157. The van der Waals surface area contributed by atoms with Crippen molar-refractivity contribution in [3.8, 4) is 0 Å². The van der Waals surface area contributed by atoms with E-state index in [0.29, 0.717) is 11.8 Å². The number of amidine groups is 1. The normalized spacial score (nSPS) is 12.4. The van der Waals surface area contributed by atoms with Crippen molar-refractivity contribution in [1.29, 1.82) is 5.41 Å². The molecule has 19 heavy (non-hydrogen) atoms. The van der Waals surface area contributed by atoms with Gasteiger partial charge in [-0.1, -0.05) is 34.1 Å². The quantitative estimate of drug-likeness (QED) is 0.345. The van der Waals surface area contributed by atoms with Gasteiger partial charge >= 0.3 is 0 Å². The Morgan fingerprint density at radius 2 is 1.89 bits per heavy atom. The van der Waals surface area contributed by atoms with Crippen LogP contribution in [-0.2, 0) is 4.74 Å². The molecule has 0 heterocycles. The average Bonchev–Trinajstić information content (AvgIpc) is 2.30. The molecule has 4 heteroatoms. The van der Waals surface area contributed by atoms with Crippen LogP contribution in [-0.4, -0.2) is 44.1 Å². The topological polar surface area (TPSA) is 62.3 Å². The van der Waals surface area contributed by atoms with E-state index in [1.165, 1.54) is 0 Å². The minimum absolute atomic E-state index is 0.157. The number of rotatable bonds is 11. The zero-order valence-electron chi connectivity index (χ0n) is 13.5. The van der Waals surface area contributed by atoms with Crippen LogP contribution in [0.2, 0.25) is 0 Å². The van der Waals surface area contributed by atoms with Crippen molar-refractivity contribution in [2.75, 3.05) is 33.4 Å². The molecule has 0 aromatic heterocycles. The molecule has 4 nitrogen and oxygen atoms in total. The fourth-order valence-electron chi connectivity index (χ4n) is 2.07. The number of unbranched alkanes of at least 4 members (excludes halogenated alkanes) is 1. The lowest BCUT2D eigenvalue weighted by molar-refractivity contribution is 0.138. The van der Waals surface area contributed by atoms with Gasteiger partial charge in [-0.15, -0.1) is 0 Å². The average molecular weight is 271 g/mol. The van der Waals surface area contributed by atoms with Crippen molar-refractivity contribution < 1.29 is 4.74 Å². The van der Waals surface area contributed by atoms with E-state index in [4.69, 9.17) is 15.9 Å². The number of hydrogen-bond acceptors (Lipinski definition) is 3. The first-order chi connectivity index (χ1) is 8.79. The smallest absolute Gasteiger partial charge is 0.0963 e. The van der Waals surface area contributed by atoms with Crippen LogP contribution in [0.15, 0.2) is 0 Å². The van der Waals surface area contributed by atoms with Crippen LogP contribution in [0.5, 0.6) is 0 Å². The minimum Gasteiger partial charge on any atom is -0.387 e. The molecule has 0 aliphatic rings. The highest BCUT2D eigenvalue weighted by Gasteiger charge is 2.20. The SMILES string of the molecule is COCCN(CCCCC(C)(C)C(=N)N)CC(C)C. The molecule has 0 spiro atoms. The van der Waals surface area contributed by atoms with E-state index >= 15 is 0 Å². The number of hydrogen-bond donors (Lipinski definition) is 2. The van der Waals surface area contributed by atoms with Gasteiger partial charge in [0.1, 0.15) is 0 Å². The van der Waals surface area contributed by atoms with E-state index in [-0.39, 0.29) is 5.41 Å². The Morgan fingerprint density at radius 1 is 1.26 bits per heavy atom. The maximum atomic E-state index is 7.55. The summed E-state index contributed by atoms with van der Waals surface area (Å²) in [6.45, 7) is 12.6. The van der Waals surface area contributed by atoms with Gasteiger partial charge in [-0.05, 0) is 25.3 Å². The van der Waals surface area contributed by atoms with Crippen LogP contribution < -0.4 is 5.73 Å². The summed E-state index contributed by atoms with van der Waals surface area (Å²) in [6, 6.07) is 0. The highest BCUT2D eigenvalue weighted by atomic mass is 16.5. The molecule has 0 rings (SSSR count). The first-order valence-corrected chi connectivity index (χ1v) is 7.35. The molecule has 0 saturated heterocycles. The van der Waals surface area contributed by atoms with Crippen LogP contribution >= 0.6 is 0 Å². The molecule has 0 fully saturated rings. The maximum absolute atomic E-state index is 7.55. The summed E-state index contributed by atoms with van der Waals surface area (Å²) in [7, 11) is 1.75. The molecule has 0 aromatic rings. The third-order valence-corrected chi connectivity index (χ3v) is 3.49. The van der Waals surface area contributed by atoms with Crippen molar-refractivity contribution in [2.24, 2.45) is 17.1 Å². The van der Waals surface area contributed by atoms with E-state index in [1.54, 1.807) is 7.11 Å². The van der Waals surface area contributed by atoms with Gasteiger partial charge in [0.15, 0.2) is 0 Å². The van der Waals surface area contributed by atoms with Gasteiger partial charge in [-0.3, -0.25) is 5.41 Å². The van der Waals surface area contributed by atoms with Gasteiger partial charge in [0.2, 0.25) is 0 Å². The standard InChI is InChI=1S/C15H33N3O/c1-13(2)12-18(10-11-19-5)9-7-6-8-15(3,4)14(16)17/h13H,6-12H2,1-5H3,(H3,16,17). The van der Waals surface area contributed by atoms with Crippen LogP contribution in [0, 0.1) is 16.7 Å². The summed E-state index contributed by atoms with van der Waals surface area (Å²) < 4.78 is 5.16. The number of nitrogens with zero attached hydrogens (tertiary/aromatic N) is 1. The molecule has 0 atom stereocenters. The first-order valence-electron chi connectivity index (χ1n) is 7.35. The molecule has 0 aliphatic carbocycles. The molecule has 0 unspecified atom stereocenters. The summed E-state index contributed by atoms with van der Waals surface area (Å²) in [6.07, 6.45) is 3.27. The van der Waals surface area contributed by atoms with Crippen molar-refractivity contribution >= 4 is 5.84 Å². The molecule has 0 radical (unpaired) electrons. The van der Waals surface area contributed by atoms with Crippen LogP contribution in [0.1, 0.15) is 47.0 Å². The Kier molecular flexibility index (Phi) is 9.02. The summed E-state index contributed by atoms with van der Waals surface area (Å²) >= 11 is 0. The summed E-state index contributed by atoms with van der Waals surface area (Å²) in [4.78, 5) is 2.47. The number of methoxy groups -OCH3 is 1. The fraction of sp³-hybridized carbons (Fsp3) is 0.933. The van der Waals surface area contributed by atoms with E-state index in [1.807, 2.05) is 13.8 Å². The molecule has 0 saturated carbocycles. The summed E-state index contributed by atoms with van der Waals surface area (Å²) in [5, 5.41) is 7.55. The second-order valence-corrected chi connectivity index (χ2v) is 6.44. The highest BCUT2D eigenvalue weighted by Crippen LogP contribution is 2.22. The summed E-state index contributed by atoms with van der Waals surface area (Å²) in [5.74, 6) is 0.983. The van der Waals surface area contributed by atoms with E-state index < -0.39 is 0 Å². The molecular formula is C15H33N3O. The van der Waals surface area contributed by atoms with Crippen molar-refractivity contribution in [2.45, 2.75) is 47.0 Å². The highest BCUT2D eigenvalue weighted by molar-refractivity contribution is 5.82. The lowest BCUT2D eigenvalue weighted by Gasteiger charge is -2.26. The second-order valence-electron chi connectivity index (χ2n) is 6.44. The lowest BCUT2D eigenvalue weighted by Crippen LogP contribution is -2.33. The van der Waals surface area contributed by atoms with Crippen LogP contribution in [0.4, 0.5) is 0 Å². The van der Waals surface area contributed by atoms with E-state index in [2.05, 4.69) is 18.7 Å². The van der Waals surface area contributed by atoms with Gasteiger partial charge < -0.3 is 15.4 Å². The molecule has 0 aromatic carbocycles. The van der Waals surface area contributed by atoms with Gasteiger partial charge in [0.25, 0.3) is 0 Å². The molecule has 0 aliphatic heterocycles. The van der Waals surface area contributed by atoms with Gasteiger partial charge in [-0.2, -0.15) is 0 Å². The molecule has 3 N–H and O–H groups in total. The summed E-state index contributed by atoms with van der Waals surface area (Å²) in [5.41, 5.74) is 5.44. The first kappa shape index (κ1) is 18.4. The number of nitrogens with two attached hydrogens (primary N) is 1. The Balaban J connectivity index is 3.94. The van der Waals surface area contributed by atoms with Gasteiger partial charge in [-0.25, -0.2) is 0 Å². The number of ether oxygens (including phenoxy) is 1. The predicted molar refractivity (Wildman–Crippen MR) is 82.7 cm³/mol. The Labute approximate surface area is 119 Å². The van der Waals surface area contributed by atoms with Gasteiger partial charge in [0.05, 0.1) is 12.4 Å². The van der Waals surface area contributed by atoms with Crippen LogP contribution in [0.3, 0.4) is 0 Å². The largest absolute Gasteiger partial charge is 0.387 e. The van der Waals surface area contributed by atoms with Gasteiger partial charge in [0, 0.05) is 25.6 Å². The Hall–Kier alpha value is -0.610. The van der Waals surface area contributed by atoms with E-state index in [0.717, 1.165) is 45.5 Å². The molecule has 114 valence electrons. The third kappa shape index (κ3) is 9.00. The maximum Gasteiger partial charge on any atom is 0.0963 e. The molecule has 0 bridgehead atoms. The Bertz CT molecular complexity index is 252. The van der Waals surface area contributed by atoms with Crippen molar-refractivity contribution in [1.82, 2.24) is 4.90 Å². The van der Waals surface area contributed by atoms with Crippen molar-refractivity contribution in [3.63, 3.8) is 0 Å². The molecular weight excluding hydrogens is 238 g/mol.